The van der Waals surface area contributed by atoms with Crippen LogP contribution in [0.1, 0.15) is 12.0 Å². The van der Waals surface area contributed by atoms with Crippen LogP contribution < -0.4 is 0 Å². The molecule has 0 aromatic heterocycles. The van der Waals surface area contributed by atoms with Gasteiger partial charge in [0.25, 0.3) is 0 Å². The molecule has 1 fully saturated rings. The van der Waals surface area contributed by atoms with Crippen molar-refractivity contribution in [1.82, 2.24) is 4.31 Å². The second-order valence-corrected chi connectivity index (χ2v) is 8.64. The van der Waals surface area contributed by atoms with Gasteiger partial charge in [0.15, 0.2) is 0 Å². The Hall–Kier alpha value is -0.330. The molecule has 0 saturated carbocycles. The van der Waals surface area contributed by atoms with Crippen molar-refractivity contribution in [3.63, 3.8) is 0 Å². The van der Waals surface area contributed by atoms with E-state index < -0.39 is 15.3 Å². The molecule has 0 amide bonds. The van der Waals surface area contributed by atoms with Crippen molar-refractivity contribution in [3.8, 4) is 0 Å². The normalized spacial score (nSPS) is 23.5. The fraction of sp³-hybridized carbons (Fsp3) is 0.571. The Kier molecular flexibility index (Phi) is 5.54. The highest BCUT2D eigenvalue weighted by atomic mass is 35.5. The van der Waals surface area contributed by atoms with E-state index >= 15 is 0 Å². The van der Waals surface area contributed by atoms with E-state index in [1.807, 2.05) is 0 Å². The molecule has 0 bridgehead atoms. The number of rotatable bonds is 4. The summed E-state index contributed by atoms with van der Waals surface area (Å²) < 4.78 is 31.7. The number of sulfonamides is 1. The van der Waals surface area contributed by atoms with Crippen LogP contribution in [0.3, 0.4) is 0 Å². The predicted molar refractivity (Wildman–Crippen MR) is 85.5 cm³/mol. The lowest BCUT2D eigenvalue weighted by molar-refractivity contribution is 0.0563. The quantitative estimate of drug-likeness (QED) is 0.837. The summed E-state index contributed by atoms with van der Waals surface area (Å²) in [5.41, 5.74) is 0.860. The molecular formula is C14H19Cl2NO3S. The Morgan fingerprint density at radius 3 is 2.71 bits per heavy atom. The maximum atomic E-state index is 12.4. The second-order valence-electron chi connectivity index (χ2n) is 5.43. The summed E-state index contributed by atoms with van der Waals surface area (Å²) in [6, 6.07) is 5.25. The minimum atomic E-state index is -3.31. The Bertz CT molecular complexity index is 604. The summed E-state index contributed by atoms with van der Waals surface area (Å²) in [6.07, 6.45) is 1.04. The fourth-order valence-electron chi connectivity index (χ4n) is 2.61. The van der Waals surface area contributed by atoms with Crippen LogP contribution in [0.2, 0.25) is 10.0 Å². The van der Waals surface area contributed by atoms with Crippen molar-refractivity contribution in [3.05, 3.63) is 33.8 Å². The van der Waals surface area contributed by atoms with E-state index in [0.29, 0.717) is 36.1 Å². The molecule has 0 aliphatic carbocycles. The van der Waals surface area contributed by atoms with Gasteiger partial charge in [0.05, 0.1) is 11.9 Å². The van der Waals surface area contributed by atoms with Crippen molar-refractivity contribution in [2.24, 2.45) is 5.92 Å². The summed E-state index contributed by atoms with van der Waals surface area (Å²) >= 11 is 12.2. The molecule has 2 atom stereocenters. The zero-order valence-electron chi connectivity index (χ0n) is 12.1. The lowest BCUT2D eigenvalue weighted by Crippen LogP contribution is -2.44. The van der Waals surface area contributed by atoms with Crippen LogP contribution in [0.5, 0.6) is 0 Å². The number of halogens is 2. The van der Waals surface area contributed by atoms with Crippen LogP contribution in [0, 0.1) is 5.92 Å². The van der Waals surface area contributed by atoms with Crippen LogP contribution in [0.25, 0.3) is 0 Å². The van der Waals surface area contributed by atoms with E-state index in [4.69, 9.17) is 27.9 Å². The van der Waals surface area contributed by atoms with Crippen molar-refractivity contribution < 1.29 is 13.2 Å². The highest BCUT2D eigenvalue weighted by Crippen LogP contribution is 2.30. The minimum Gasteiger partial charge on any atom is -0.381 e. The summed E-state index contributed by atoms with van der Waals surface area (Å²) in [7, 11) is -0.188. The van der Waals surface area contributed by atoms with Crippen LogP contribution in [-0.2, 0) is 21.2 Å². The van der Waals surface area contributed by atoms with Crippen LogP contribution in [-0.4, -0.2) is 45.3 Å². The smallest absolute Gasteiger partial charge is 0.216 e. The van der Waals surface area contributed by atoms with Gasteiger partial charge in [0, 0.05) is 36.7 Å². The number of hydrogen-bond donors (Lipinski definition) is 0. The van der Waals surface area contributed by atoms with E-state index in [-0.39, 0.29) is 5.92 Å². The van der Waals surface area contributed by atoms with E-state index in [2.05, 4.69) is 0 Å². The molecular weight excluding hydrogens is 333 g/mol. The van der Waals surface area contributed by atoms with Gasteiger partial charge in [-0.3, -0.25) is 0 Å². The van der Waals surface area contributed by atoms with Gasteiger partial charge in [-0.2, -0.15) is 0 Å². The molecule has 118 valence electrons. The van der Waals surface area contributed by atoms with E-state index in [0.717, 1.165) is 5.56 Å². The zero-order valence-corrected chi connectivity index (χ0v) is 14.4. The molecule has 1 aromatic rings. The Morgan fingerprint density at radius 1 is 1.33 bits per heavy atom. The van der Waals surface area contributed by atoms with Gasteiger partial charge in [0.2, 0.25) is 10.0 Å². The number of hydrogen-bond acceptors (Lipinski definition) is 3. The lowest BCUT2D eigenvalue weighted by atomic mass is 9.93. The molecule has 0 radical (unpaired) electrons. The maximum Gasteiger partial charge on any atom is 0.216 e. The van der Waals surface area contributed by atoms with Gasteiger partial charge < -0.3 is 4.74 Å². The van der Waals surface area contributed by atoms with Crippen molar-refractivity contribution in [2.75, 3.05) is 27.3 Å². The largest absolute Gasteiger partial charge is 0.381 e. The number of ether oxygens (including phenoxy) is 1. The van der Waals surface area contributed by atoms with Crippen LogP contribution >= 0.6 is 23.2 Å². The monoisotopic (exact) mass is 351 g/mol. The Labute approximate surface area is 136 Å². The van der Waals surface area contributed by atoms with E-state index in [1.54, 1.807) is 32.3 Å². The van der Waals surface area contributed by atoms with E-state index in [1.165, 1.54) is 4.31 Å². The van der Waals surface area contributed by atoms with Gasteiger partial charge in [-0.1, -0.05) is 23.2 Å². The molecule has 0 N–H and O–H groups in total. The van der Waals surface area contributed by atoms with Crippen molar-refractivity contribution >= 4 is 33.2 Å². The molecule has 1 aliphatic heterocycles. The summed E-state index contributed by atoms with van der Waals surface area (Å²) in [4.78, 5) is 0. The topological polar surface area (TPSA) is 46.6 Å². The predicted octanol–water partition coefficient (Wildman–Crippen LogP) is 2.83. The van der Waals surface area contributed by atoms with E-state index in [9.17, 15) is 8.42 Å². The van der Waals surface area contributed by atoms with Gasteiger partial charge in [-0.05, 0) is 36.6 Å². The zero-order chi connectivity index (χ0) is 15.6. The Morgan fingerprint density at radius 2 is 2.05 bits per heavy atom. The molecule has 1 heterocycles. The molecule has 1 saturated heterocycles. The SMILES string of the molecule is CN(C)S(=O)(=O)[C@H]1CCOC[C@@H]1Cc1cc(Cl)ccc1Cl. The highest BCUT2D eigenvalue weighted by molar-refractivity contribution is 7.89. The first-order chi connectivity index (χ1) is 9.82. The second kappa shape index (κ2) is 6.84. The average molecular weight is 352 g/mol. The molecule has 1 aliphatic rings. The molecule has 21 heavy (non-hydrogen) atoms. The van der Waals surface area contributed by atoms with Gasteiger partial charge >= 0.3 is 0 Å². The first-order valence-electron chi connectivity index (χ1n) is 6.75. The first kappa shape index (κ1) is 17.0. The lowest BCUT2D eigenvalue weighted by Gasteiger charge is -2.33. The molecule has 4 nitrogen and oxygen atoms in total. The molecule has 1 aromatic carbocycles. The summed E-state index contributed by atoms with van der Waals surface area (Å²) in [5.74, 6) is -0.123. The van der Waals surface area contributed by atoms with Crippen LogP contribution in [0.15, 0.2) is 18.2 Å². The molecule has 0 spiro atoms. The first-order valence-corrected chi connectivity index (χ1v) is 9.01. The molecule has 2 rings (SSSR count). The average Bonchev–Trinajstić information content (AvgIpc) is 2.43. The fourth-order valence-corrected chi connectivity index (χ4v) is 4.60. The highest BCUT2D eigenvalue weighted by Gasteiger charge is 2.37. The van der Waals surface area contributed by atoms with Gasteiger partial charge in [-0.25, -0.2) is 12.7 Å². The molecule has 0 unspecified atom stereocenters. The standard InChI is InChI=1S/C14H19Cl2NO3S/c1-17(2)21(18,19)14-5-6-20-9-11(14)7-10-8-12(15)3-4-13(10)16/h3-4,8,11,14H,5-7,9H2,1-2H3/t11-,14-/m0/s1. The molecule has 7 heteroatoms. The summed E-state index contributed by atoms with van der Waals surface area (Å²) in [6.45, 7) is 0.887. The minimum absolute atomic E-state index is 0.123. The van der Waals surface area contributed by atoms with Gasteiger partial charge in [0.1, 0.15) is 0 Å². The van der Waals surface area contributed by atoms with Crippen molar-refractivity contribution in [2.45, 2.75) is 18.1 Å². The van der Waals surface area contributed by atoms with Crippen LogP contribution in [0.4, 0.5) is 0 Å². The number of benzene rings is 1. The Balaban J connectivity index is 2.26. The maximum absolute atomic E-state index is 12.4. The number of nitrogens with zero attached hydrogens (tertiary/aromatic N) is 1. The summed E-state index contributed by atoms with van der Waals surface area (Å²) in [5, 5.41) is 0.750. The third-order valence-corrected chi connectivity index (χ3v) is 6.79. The van der Waals surface area contributed by atoms with Crippen molar-refractivity contribution in [1.29, 1.82) is 0 Å². The third kappa shape index (κ3) is 3.90. The third-order valence-electron chi connectivity index (χ3n) is 3.79. The van der Waals surface area contributed by atoms with Gasteiger partial charge in [-0.15, -0.1) is 0 Å².